The van der Waals surface area contributed by atoms with Crippen LogP contribution in [0.25, 0.3) is 0 Å². The zero-order valence-electron chi connectivity index (χ0n) is 11.4. The lowest BCUT2D eigenvalue weighted by atomic mass is 9.85. The van der Waals surface area contributed by atoms with Gasteiger partial charge in [0, 0.05) is 24.8 Å². The van der Waals surface area contributed by atoms with Crippen molar-refractivity contribution in [2.45, 2.75) is 38.3 Å². The fourth-order valence-electron chi connectivity index (χ4n) is 2.79. The molecule has 2 N–H and O–H groups in total. The average molecular weight is 267 g/mol. The molecule has 0 bridgehead atoms. The van der Waals surface area contributed by atoms with Crippen LogP contribution in [0.1, 0.15) is 31.2 Å². The maximum atomic E-state index is 14.0. The van der Waals surface area contributed by atoms with E-state index in [9.17, 15) is 9.50 Å². The number of ether oxygens (including phenoxy) is 1. The van der Waals surface area contributed by atoms with Gasteiger partial charge in [0.2, 0.25) is 0 Å². The molecule has 3 nitrogen and oxygen atoms in total. The fraction of sp³-hybridized carbons (Fsp3) is 0.600. The zero-order chi connectivity index (χ0) is 13.7. The molecule has 1 fully saturated rings. The Hall–Kier alpha value is -1.13. The first-order chi connectivity index (χ1) is 9.26. The minimum atomic E-state index is -0.297. The van der Waals surface area contributed by atoms with Crippen LogP contribution in [-0.4, -0.2) is 24.9 Å². The van der Waals surface area contributed by atoms with Gasteiger partial charge in [-0.15, -0.1) is 0 Å². The van der Waals surface area contributed by atoms with E-state index in [1.54, 1.807) is 18.2 Å². The van der Waals surface area contributed by atoms with Crippen LogP contribution in [0.5, 0.6) is 5.75 Å². The number of nitrogens with one attached hydrogen (secondary N) is 1. The predicted molar refractivity (Wildman–Crippen MR) is 72.6 cm³/mol. The van der Waals surface area contributed by atoms with Crippen molar-refractivity contribution in [2.24, 2.45) is 5.92 Å². The first-order valence-corrected chi connectivity index (χ1v) is 6.92. The lowest BCUT2D eigenvalue weighted by Crippen LogP contribution is -2.39. The summed E-state index contributed by atoms with van der Waals surface area (Å²) in [6.07, 6.45) is 4.46. The second kappa shape index (κ2) is 6.87. The summed E-state index contributed by atoms with van der Waals surface area (Å²) in [7, 11) is 1.47. The Morgan fingerprint density at radius 2 is 2.16 bits per heavy atom. The van der Waals surface area contributed by atoms with Crippen LogP contribution >= 0.6 is 0 Å². The molecule has 2 unspecified atom stereocenters. The standard InChI is InChI=1S/C15H22FNO2/c1-19-14-8-4-6-11(15(14)16)9-17-13-7-3-2-5-12(13)10-18/h4,6,8,12-13,17-18H,2-3,5,7,9-10H2,1H3. The van der Waals surface area contributed by atoms with E-state index in [0.717, 1.165) is 12.8 Å². The maximum Gasteiger partial charge on any atom is 0.169 e. The van der Waals surface area contributed by atoms with Gasteiger partial charge in [0.05, 0.1) is 7.11 Å². The number of halogens is 1. The van der Waals surface area contributed by atoms with Gasteiger partial charge in [-0.1, -0.05) is 25.0 Å². The molecule has 19 heavy (non-hydrogen) atoms. The Bertz CT molecular complexity index is 411. The second-order valence-corrected chi connectivity index (χ2v) is 5.15. The van der Waals surface area contributed by atoms with Crippen LogP contribution in [0.3, 0.4) is 0 Å². The van der Waals surface area contributed by atoms with Gasteiger partial charge < -0.3 is 15.2 Å². The molecule has 4 heteroatoms. The van der Waals surface area contributed by atoms with Crippen molar-refractivity contribution in [3.63, 3.8) is 0 Å². The molecule has 1 aromatic rings. The van der Waals surface area contributed by atoms with Gasteiger partial charge in [-0.25, -0.2) is 4.39 Å². The molecule has 0 aromatic heterocycles. The molecule has 1 aromatic carbocycles. The van der Waals surface area contributed by atoms with E-state index in [0.29, 0.717) is 18.0 Å². The van der Waals surface area contributed by atoms with Gasteiger partial charge in [-0.05, 0) is 24.8 Å². The van der Waals surface area contributed by atoms with E-state index in [2.05, 4.69) is 5.32 Å². The van der Waals surface area contributed by atoms with Crippen LogP contribution < -0.4 is 10.1 Å². The number of aliphatic hydroxyl groups excluding tert-OH is 1. The van der Waals surface area contributed by atoms with Crippen molar-refractivity contribution in [2.75, 3.05) is 13.7 Å². The number of hydrogen-bond donors (Lipinski definition) is 2. The van der Waals surface area contributed by atoms with Crippen LogP contribution in [0, 0.1) is 11.7 Å². The largest absolute Gasteiger partial charge is 0.494 e. The molecule has 1 aliphatic carbocycles. The lowest BCUT2D eigenvalue weighted by molar-refractivity contribution is 0.152. The van der Waals surface area contributed by atoms with Crippen molar-refractivity contribution in [3.8, 4) is 5.75 Å². The van der Waals surface area contributed by atoms with E-state index >= 15 is 0 Å². The highest BCUT2D eigenvalue weighted by atomic mass is 19.1. The monoisotopic (exact) mass is 267 g/mol. The van der Waals surface area contributed by atoms with Crippen molar-refractivity contribution in [1.82, 2.24) is 5.32 Å². The van der Waals surface area contributed by atoms with Crippen molar-refractivity contribution < 1.29 is 14.2 Å². The average Bonchev–Trinajstić information content (AvgIpc) is 2.46. The van der Waals surface area contributed by atoms with Gasteiger partial charge in [0.1, 0.15) is 0 Å². The quantitative estimate of drug-likeness (QED) is 0.861. The summed E-state index contributed by atoms with van der Waals surface area (Å²) in [5, 5.41) is 12.7. The smallest absolute Gasteiger partial charge is 0.169 e. The third-order valence-electron chi connectivity index (χ3n) is 3.96. The number of aliphatic hydroxyl groups is 1. The van der Waals surface area contributed by atoms with E-state index in [4.69, 9.17) is 4.74 Å². The summed E-state index contributed by atoms with van der Waals surface area (Å²) in [4.78, 5) is 0. The van der Waals surface area contributed by atoms with Gasteiger partial charge in [0.15, 0.2) is 11.6 Å². The Morgan fingerprint density at radius 1 is 1.37 bits per heavy atom. The predicted octanol–water partition coefficient (Wildman–Crippen LogP) is 2.48. The van der Waals surface area contributed by atoms with Crippen LogP contribution in [0.2, 0.25) is 0 Å². The van der Waals surface area contributed by atoms with Crippen LogP contribution in [-0.2, 0) is 6.54 Å². The van der Waals surface area contributed by atoms with Crippen LogP contribution in [0.15, 0.2) is 18.2 Å². The molecule has 0 radical (unpaired) electrons. The second-order valence-electron chi connectivity index (χ2n) is 5.15. The van der Waals surface area contributed by atoms with E-state index < -0.39 is 0 Å². The molecule has 0 spiro atoms. The van der Waals surface area contributed by atoms with E-state index in [-0.39, 0.29) is 24.2 Å². The Morgan fingerprint density at radius 3 is 2.89 bits per heavy atom. The molecule has 2 atom stereocenters. The van der Waals surface area contributed by atoms with Crippen molar-refractivity contribution in [1.29, 1.82) is 0 Å². The molecule has 106 valence electrons. The SMILES string of the molecule is COc1cccc(CNC2CCCCC2CO)c1F. The number of rotatable bonds is 5. The summed E-state index contributed by atoms with van der Waals surface area (Å²) < 4.78 is 19.0. The Balaban J connectivity index is 1.98. The van der Waals surface area contributed by atoms with Gasteiger partial charge in [-0.2, -0.15) is 0 Å². The van der Waals surface area contributed by atoms with E-state index in [1.165, 1.54) is 20.0 Å². The lowest BCUT2D eigenvalue weighted by Gasteiger charge is -2.31. The molecule has 1 aliphatic rings. The fourth-order valence-corrected chi connectivity index (χ4v) is 2.79. The summed E-state index contributed by atoms with van der Waals surface area (Å²) in [5.74, 6) is 0.276. The summed E-state index contributed by atoms with van der Waals surface area (Å²) in [6.45, 7) is 0.683. The zero-order valence-corrected chi connectivity index (χ0v) is 11.4. The summed E-state index contributed by atoms with van der Waals surface area (Å²) >= 11 is 0. The number of benzene rings is 1. The molecule has 2 rings (SSSR count). The molecule has 1 saturated carbocycles. The highest BCUT2D eigenvalue weighted by molar-refractivity contribution is 5.30. The molecular formula is C15H22FNO2. The normalized spacial score (nSPS) is 23.3. The van der Waals surface area contributed by atoms with Crippen molar-refractivity contribution >= 4 is 0 Å². The molecule has 0 saturated heterocycles. The first kappa shape index (κ1) is 14.3. The number of hydrogen-bond acceptors (Lipinski definition) is 3. The maximum absolute atomic E-state index is 14.0. The van der Waals surface area contributed by atoms with Gasteiger partial charge in [0.25, 0.3) is 0 Å². The molecule has 0 heterocycles. The van der Waals surface area contributed by atoms with Crippen molar-refractivity contribution in [3.05, 3.63) is 29.6 Å². The molecule has 0 aliphatic heterocycles. The van der Waals surface area contributed by atoms with Gasteiger partial charge >= 0.3 is 0 Å². The van der Waals surface area contributed by atoms with Crippen LogP contribution in [0.4, 0.5) is 4.39 Å². The van der Waals surface area contributed by atoms with Gasteiger partial charge in [-0.3, -0.25) is 0 Å². The minimum Gasteiger partial charge on any atom is -0.494 e. The topological polar surface area (TPSA) is 41.5 Å². The summed E-state index contributed by atoms with van der Waals surface area (Å²) in [5.41, 5.74) is 0.613. The highest BCUT2D eigenvalue weighted by Gasteiger charge is 2.24. The molecule has 0 amide bonds. The Kier molecular flexibility index (Phi) is 5.16. The third-order valence-corrected chi connectivity index (χ3v) is 3.96. The number of methoxy groups -OCH3 is 1. The molecular weight excluding hydrogens is 245 g/mol. The first-order valence-electron chi connectivity index (χ1n) is 6.92. The highest BCUT2D eigenvalue weighted by Crippen LogP contribution is 2.25. The summed E-state index contributed by atoms with van der Waals surface area (Å²) in [6, 6.07) is 5.46. The Labute approximate surface area is 113 Å². The van der Waals surface area contributed by atoms with E-state index in [1.807, 2.05) is 0 Å². The minimum absolute atomic E-state index is 0.207. The third kappa shape index (κ3) is 3.45.